The Bertz CT molecular complexity index is 1850. The number of aryl methyl sites for hydroxylation is 1. The molecule has 17 heteroatoms. The van der Waals surface area contributed by atoms with Crippen LogP contribution in [0.3, 0.4) is 0 Å². The molecule has 1 fully saturated rings. The first kappa shape index (κ1) is 32.0. The van der Waals surface area contributed by atoms with Gasteiger partial charge in [-0.15, -0.1) is 28.1 Å². The van der Waals surface area contributed by atoms with Crippen LogP contribution in [0.4, 0.5) is 5.13 Å². The fraction of sp³-hybridized carbons (Fsp3) is 0.241. The number of pyridine rings is 1. The number of hydrogen-bond donors (Lipinski definition) is 4. The van der Waals surface area contributed by atoms with Gasteiger partial charge in [-0.2, -0.15) is 0 Å². The molecule has 2 aliphatic heterocycles. The van der Waals surface area contributed by atoms with E-state index in [0.29, 0.717) is 23.6 Å². The highest BCUT2D eigenvalue weighted by atomic mass is 32.2. The number of rotatable bonds is 11. The number of carbonyl (C=O) groups is 4. The number of anilines is 1. The second kappa shape index (κ2) is 13.7. The maximum atomic E-state index is 13.1. The van der Waals surface area contributed by atoms with E-state index < -0.39 is 35.1 Å². The molecule has 3 aromatic heterocycles. The molecule has 2 atom stereocenters. The van der Waals surface area contributed by atoms with Crippen LogP contribution < -0.4 is 15.6 Å². The maximum absolute atomic E-state index is 13.1. The molecule has 3 amide bonds. The number of carboxylic acids is 1. The van der Waals surface area contributed by atoms with Crippen molar-refractivity contribution in [2.24, 2.45) is 17.2 Å². The molecule has 3 aromatic rings. The Kier molecular flexibility index (Phi) is 9.55. The van der Waals surface area contributed by atoms with Crippen LogP contribution >= 0.6 is 23.1 Å². The molecule has 236 valence electrons. The number of nitrogens with one attached hydrogen (secondary N) is 2. The van der Waals surface area contributed by atoms with Crippen molar-refractivity contribution >= 4 is 63.6 Å². The summed E-state index contributed by atoms with van der Waals surface area (Å²) >= 11 is 2.46. The van der Waals surface area contributed by atoms with Gasteiger partial charge < -0.3 is 25.6 Å². The van der Waals surface area contributed by atoms with Crippen LogP contribution in [0.1, 0.15) is 23.1 Å². The number of aliphatic imine (C=N–C) groups is 1. The molecule has 0 bridgehead atoms. The molecular formula is C29H28N9O6S2+. The van der Waals surface area contributed by atoms with E-state index in [1.807, 2.05) is 29.1 Å². The molecular weight excluding hydrogens is 635 g/mol. The van der Waals surface area contributed by atoms with Crippen LogP contribution in [-0.2, 0) is 32.8 Å². The van der Waals surface area contributed by atoms with Crippen LogP contribution in [0, 0.1) is 5.41 Å². The lowest BCUT2D eigenvalue weighted by molar-refractivity contribution is -0.686. The zero-order valence-electron chi connectivity index (χ0n) is 24.5. The topological polar surface area (TPSA) is 209 Å². The molecule has 5 N–H and O–H groups in total. The van der Waals surface area contributed by atoms with Crippen molar-refractivity contribution < 1.29 is 33.7 Å². The largest absolute Gasteiger partial charge is 0.477 e. The minimum absolute atomic E-state index is 0.131. The van der Waals surface area contributed by atoms with Crippen molar-refractivity contribution in [1.29, 1.82) is 5.41 Å². The molecule has 46 heavy (non-hydrogen) atoms. The van der Waals surface area contributed by atoms with Crippen molar-refractivity contribution in [3.8, 4) is 11.1 Å². The van der Waals surface area contributed by atoms with Crippen molar-refractivity contribution in [2.45, 2.75) is 24.9 Å². The summed E-state index contributed by atoms with van der Waals surface area (Å²) in [6, 6.07) is 6.23. The van der Waals surface area contributed by atoms with Gasteiger partial charge >= 0.3 is 11.9 Å². The van der Waals surface area contributed by atoms with Crippen LogP contribution in [0.25, 0.3) is 11.1 Å². The summed E-state index contributed by atoms with van der Waals surface area (Å²) in [4.78, 5) is 64.2. The Labute approximate surface area is 270 Å². The number of thiazole rings is 1. The van der Waals surface area contributed by atoms with Crippen molar-refractivity contribution in [2.75, 3.05) is 18.1 Å². The van der Waals surface area contributed by atoms with Crippen LogP contribution in [-0.4, -0.2) is 78.7 Å². The Hall–Kier alpha value is -5.38. The minimum Gasteiger partial charge on any atom is -0.477 e. The average molecular weight is 663 g/mol. The number of fused-ring (bicyclic) bond motifs is 1. The van der Waals surface area contributed by atoms with E-state index in [-0.39, 0.29) is 28.8 Å². The molecule has 15 nitrogen and oxygen atoms in total. The Morgan fingerprint density at radius 2 is 2.09 bits per heavy atom. The number of carbonyl (C=O) groups excluding carboxylic acids is 3. The van der Waals surface area contributed by atoms with E-state index in [0.717, 1.165) is 22.5 Å². The number of hydrogen-bond acceptors (Lipinski definition) is 11. The number of oxime groups is 1. The summed E-state index contributed by atoms with van der Waals surface area (Å²) in [5.41, 5.74) is 8.10. The number of amides is 3. The van der Waals surface area contributed by atoms with E-state index in [9.17, 15) is 24.3 Å². The zero-order chi connectivity index (χ0) is 33.0. The van der Waals surface area contributed by atoms with E-state index in [2.05, 4.69) is 20.4 Å². The SMILES string of the molecule is CCO/N=C(\C(=O)N[C@@H]1C(=O)N2C(C(=O)O)=C(/C=C/C[n+]3ccc(-c4cc(C(=O)N=C=N)n(C)c4)cc3)CS[C@H]12)c1csc(N)n1. The van der Waals surface area contributed by atoms with Gasteiger partial charge in [0.25, 0.3) is 11.8 Å². The first-order valence-corrected chi connectivity index (χ1v) is 15.7. The fourth-order valence-corrected chi connectivity index (χ4v) is 6.71. The summed E-state index contributed by atoms with van der Waals surface area (Å²) in [5.74, 6) is -2.74. The third-order valence-corrected chi connectivity index (χ3v) is 8.97. The van der Waals surface area contributed by atoms with Gasteiger partial charge in [-0.05, 0) is 30.2 Å². The maximum Gasteiger partial charge on any atom is 0.352 e. The molecule has 0 aliphatic carbocycles. The van der Waals surface area contributed by atoms with Crippen molar-refractivity contribution in [1.82, 2.24) is 19.8 Å². The predicted molar refractivity (Wildman–Crippen MR) is 169 cm³/mol. The fourth-order valence-electron chi connectivity index (χ4n) is 4.84. The monoisotopic (exact) mass is 662 g/mol. The van der Waals surface area contributed by atoms with Gasteiger partial charge in [-0.1, -0.05) is 11.2 Å². The summed E-state index contributed by atoms with van der Waals surface area (Å²) in [6.07, 6.45) is 8.96. The van der Waals surface area contributed by atoms with Gasteiger partial charge in [0.15, 0.2) is 29.8 Å². The molecule has 1 saturated heterocycles. The number of aromatic nitrogens is 3. The van der Waals surface area contributed by atoms with Crippen LogP contribution in [0.15, 0.2) is 75.7 Å². The normalized spacial score (nSPS) is 17.7. The Morgan fingerprint density at radius 1 is 1.33 bits per heavy atom. The second-order valence-corrected chi connectivity index (χ2v) is 11.9. The standard InChI is InChI=1S/C29H27N9O6S2/c1-3-44-35-21(19-14-46-29(31)33-19)25(40)34-22-26(41)38-23(28(42)43)17(13-45-27(22)38)5-4-8-37-9-6-16(7-10-37)18-11-20(36(2)12-18)24(39)32-15-30/h4-7,9-12,14,22,27,30H,3,8,13H2,1-2H3,(H3-,31,33,34,40,42,43)/p+1/b5-4+,35-21-/t22-,27-/m1/s1. The third-order valence-electron chi connectivity index (χ3n) is 6.99. The average Bonchev–Trinajstić information content (AvgIpc) is 3.65. The zero-order valence-corrected chi connectivity index (χ0v) is 26.2. The second-order valence-electron chi connectivity index (χ2n) is 9.91. The van der Waals surface area contributed by atoms with E-state index in [1.165, 1.54) is 16.7 Å². The number of β-lactam (4-membered cyclic amide) rings is 1. The van der Waals surface area contributed by atoms with E-state index in [4.69, 9.17) is 16.0 Å². The van der Waals surface area contributed by atoms with E-state index >= 15 is 0 Å². The number of allylic oxidation sites excluding steroid dienone is 2. The summed E-state index contributed by atoms with van der Waals surface area (Å²) in [7, 11) is 1.72. The van der Waals surface area contributed by atoms with Crippen LogP contribution in [0.5, 0.6) is 0 Å². The first-order valence-electron chi connectivity index (χ1n) is 13.7. The predicted octanol–water partition coefficient (Wildman–Crippen LogP) is 1.65. The molecule has 2 aliphatic rings. The number of thioether (sulfide) groups is 1. The highest BCUT2D eigenvalue weighted by molar-refractivity contribution is 8.00. The number of nitrogens with zero attached hydrogens (tertiary/aromatic N) is 6. The molecule has 0 aromatic carbocycles. The number of nitrogens with two attached hydrogens (primary N) is 1. The van der Waals surface area contributed by atoms with Gasteiger partial charge in [0.05, 0.1) is 6.01 Å². The molecule has 5 rings (SSSR count). The summed E-state index contributed by atoms with van der Waals surface area (Å²) in [5, 5.41) is 24.6. The molecule has 0 radical (unpaired) electrons. The molecule has 0 unspecified atom stereocenters. The number of nitrogen functional groups attached to an aromatic ring is 1. The summed E-state index contributed by atoms with van der Waals surface area (Å²) in [6.45, 7) is 2.33. The van der Waals surface area contributed by atoms with Gasteiger partial charge in [0.2, 0.25) is 0 Å². The minimum atomic E-state index is -1.25. The van der Waals surface area contributed by atoms with Gasteiger partial charge in [0, 0.05) is 42.1 Å². The highest BCUT2D eigenvalue weighted by Gasteiger charge is 2.54. The summed E-state index contributed by atoms with van der Waals surface area (Å²) < 4.78 is 3.51. The lowest BCUT2D eigenvalue weighted by Crippen LogP contribution is -2.71. The number of aliphatic carboxylic acids is 1. The van der Waals surface area contributed by atoms with E-state index in [1.54, 1.807) is 54.3 Å². The van der Waals surface area contributed by atoms with Gasteiger partial charge in [0.1, 0.15) is 35.1 Å². The molecule has 0 spiro atoms. The number of carboxylic acid groups (broad SMARTS) is 1. The Morgan fingerprint density at radius 3 is 2.74 bits per heavy atom. The van der Waals surface area contributed by atoms with Crippen LogP contribution in [0.2, 0.25) is 0 Å². The Balaban J connectivity index is 1.25. The van der Waals surface area contributed by atoms with Gasteiger partial charge in [-0.25, -0.2) is 19.8 Å². The van der Waals surface area contributed by atoms with Crippen molar-refractivity contribution in [3.63, 3.8) is 0 Å². The molecule has 0 saturated carbocycles. The third kappa shape index (κ3) is 6.51. The lowest BCUT2D eigenvalue weighted by atomic mass is 10.0. The van der Waals surface area contributed by atoms with Crippen molar-refractivity contribution in [3.05, 3.63) is 77.0 Å². The highest BCUT2D eigenvalue weighted by Crippen LogP contribution is 2.40. The smallest absolute Gasteiger partial charge is 0.352 e. The van der Waals surface area contributed by atoms with Gasteiger partial charge in [-0.3, -0.25) is 19.3 Å². The quantitative estimate of drug-likeness (QED) is 0.102. The first-order chi connectivity index (χ1) is 22.1. The lowest BCUT2D eigenvalue weighted by Gasteiger charge is -2.49. The molecule has 5 heterocycles.